The van der Waals surface area contributed by atoms with Crippen LogP contribution in [0.2, 0.25) is 0 Å². The van der Waals surface area contributed by atoms with Crippen molar-refractivity contribution < 1.29 is 58.6 Å². The minimum Gasteiger partial charge on any atom is -0.493 e. The SMILES string of the molecule is [2H]C([2H])([2H])Oc1cc(OC(F)(F)F)ccc1Oc1ccc(C(F)(F)F)c(F)c1C(=O)Nc1ccnc(C(N)=O)c1. The Morgan fingerprint density at radius 1 is 1.00 bits per heavy atom. The van der Waals surface area contributed by atoms with Crippen LogP contribution in [-0.2, 0) is 6.18 Å². The van der Waals surface area contributed by atoms with Crippen molar-refractivity contribution in [2.24, 2.45) is 5.73 Å². The number of hydrogen-bond donors (Lipinski definition) is 2. The second-order valence-electron chi connectivity index (χ2n) is 6.91. The lowest BCUT2D eigenvalue weighted by atomic mass is 10.1. The van der Waals surface area contributed by atoms with E-state index in [1.165, 1.54) is 0 Å². The number of nitrogens with one attached hydrogen (secondary N) is 1. The number of aromatic nitrogens is 1. The van der Waals surface area contributed by atoms with Gasteiger partial charge in [0.05, 0.1) is 16.7 Å². The van der Waals surface area contributed by atoms with E-state index in [9.17, 15) is 35.9 Å². The third kappa shape index (κ3) is 6.56. The summed E-state index contributed by atoms with van der Waals surface area (Å²) < 4.78 is 128. The lowest BCUT2D eigenvalue weighted by molar-refractivity contribution is -0.274. The number of methoxy groups -OCH3 is 1. The van der Waals surface area contributed by atoms with Gasteiger partial charge < -0.3 is 25.3 Å². The molecule has 0 radical (unpaired) electrons. The molecule has 1 heterocycles. The Morgan fingerprint density at radius 3 is 2.32 bits per heavy atom. The Bertz CT molecular complexity index is 1450. The molecule has 0 saturated heterocycles. The van der Waals surface area contributed by atoms with E-state index in [4.69, 9.17) is 14.6 Å². The number of nitrogens with two attached hydrogens (primary N) is 1. The van der Waals surface area contributed by atoms with E-state index < -0.39 is 71.3 Å². The number of hydrogen-bond acceptors (Lipinski definition) is 6. The van der Waals surface area contributed by atoms with E-state index in [0.29, 0.717) is 24.3 Å². The van der Waals surface area contributed by atoms with Crippen molar-refractivity contribution in [3.63, 3.8) is 0 Å². The van der Waals surface area contributed by atoms with Gasteiger partial charge in [0.25, 0.3) is 11.8 Å². The van der Waals surface area contributed by atoms with Crippen molar-refractivity contribution in [3.8, 4) is 23.0 Å². The molecule has 3 rings (SSSR count). The van der Waals surface area contributed by atoms with Crippen LogP contribution >= 0.6 is 0 Å². The maximum Gasteiger partial charge on any atom is 0.573 e. The molecule has 2 amide bonds. The fourth-order valence-corrected chi connectivity index (χ4v) is 2.88. The predicted octanol–water partition coefficient (Wildman–Crippen LogP) is 5.29. The number of anilines is 1. The normalized spacial score (nSPS) is 13.1. The van der Waals surface area contributed by atoms with E-state index in [-0.39, 0.29) is 17.4 Å². The molecule has 15 heteroatoms. The molecule has 3 aromatic rings. The molecule has 3 N–H and O–H groups in total. The second-order valence-corrected chi connectivity index (χ2v) is 6.91. The average molecular weight is 536 g/mol. The minimum absolute atomic E-state index is 0.213. The fourth-order valence-electron chi connectivity index (χ4n) is 2.88. The summed E-state index contributed by atoms with van der Waals surface area (Å²) in [6, 6.07) is 4.52. The van der Waals surface area contributed by atoms with Gasteiger partial charge in [-0.15, -0.1) is 13.2 Å². The largest absolute Gasteiger partial charge is 0.573 e. The lowest BCUT2D eigenvalue weighted by Crippen LogP contribution is -2.19. The van der Waals surface area contributed by atoms with Crippen LogP contribution in [0.3, 0.4) is 0 Å². The van der Waals surface area contributed by atoms with Crippen LogP contribution < -0.4 is 25.3 Å². The van der Waals surface area contributed by atoms with Gasteiger partial charge in [-0.1, -0.05) is 0 Å². The van der Waals surface area contributed by atoms with Crippen molar-refractivity contribution in [2.75, 3.05) is 12.4 Å². The Balaban J connectivity index is 2.11. The lowest BCUT2D eigenvalue weighted by Gasteiger charge is -2.18. The maximum atomic E-state index is 15.1. The highest BCUT2D eigenvalue weighted by atomic mass is 19.4. The molecule has 0 aliphatic heterocycles. The number of halogens is 7. The van der Waals surface area contributed by atoms with Gasteiger partial charge >= 0.3 is 12.5 Å². The number of ether oxygens (including phenoxy) is 3. The summed E-state index contributed by atoms with van der Waals surface area (Å²) in [5, 5.41) is 2.05. The van der Waals surface area contributed by atoms with Gasteiger partial charge in [0, 0.05) is 18.0 Å². The predicted molar refractivity (Wildman–Crippen MR) is 112 cm³/mol. The molecule has 0 unspecified atom stereocenters. The summed E-state index contributed by atoms with van der Waals surface area (Å²) in [6.45, 7) is 0. The Kier molecular flexibility index (Phi) is 6.31. The van der Waals surface area contributed by atoms with Crippen molar-refractivity contribution in [1.29, 1.82) is 0 Å². The van der Waals surface area contributed by atoms with Gasteiger partial charge in [-0.2, -0.15) is 13.2 Å². The Morgan fingerprint density at radius 2 is 1.70 bits per heavy atom. The first-order valence-corrected chi connectivity index (χ1v) is 9.57. The number of amides is 2. The second kappa shape index (κ2) is 10.2. The zero-order chi connectivity index (χ0) is 30.0. The van der Waals surface area contributed by atoms with Gasteiger partial charge in [-0.3, -0.25) is 14.6 Å². The van der Waals surface area contributed by atoms with Crippen molar-refractivity contribution in [1.82, 2.24) is 4.98 Å². The number of benzene rings is 2. The molecule has 8 nitrogen and oxygen atoms in total. The zero-order valence-corrected chi connectivity index (χ0v) is 17.8. The number of primary amides is 1. The summed E-state index contributed by atoms with van der Waals surface area (Å²) in [5.74, 6) is -8.21. The zero-order valence-electron chi connectivity index (χ0n) is 20.8. The van der Waals surface area contributed by atoms with Gasteiger partial charge in [0.15, 0.2) is 17.3 Å². The highest BCUT2D eigenvalue weighted by Crippen LogP contribution is 2.40. The summed E-state index contributed by atoms with van der Waals surface area (Å²) >= 11 is 0. The standard InChI is InChI=1S/C22H14F7N3O5/c1-35-16-9-11(37-22(27,28)29)2-4-14(16)36-15-5-3-12(21(24,25)26)18(23)17(15)20(34)32-10-6-7-31-13(8-10)19(30)33/h2-9H,1H3,(H2,30,33)(H,31,32,34)/i1D3. The molecule has 0 saturated carbocycles. The summed E-state index contributed by atoms with van der Waals surface area (Å²) in [4.78, 5) is 27.9. The number of rotatable bonds is 7. The third-order valence-electron chi connectivity index (χ3n) is 4.39. The van der Waals surface area contributed by atoms with E-state index in [2.05, 4.69) is 14.5 Å². The number of alkyl halides is 6. The molecule has 0 spiro atoms. The fraction of sp³-hybridized carbons (Fsp3) is 0.136. The molecule has 2 aromatic carbocycles. The molecular formula is C22H14F7N3O5. The van der Waals surface area contributed by atoms with Crippen LogP contribution in [0.1, 0.15) is 30.5 Å². The molecule has 0 fully saturated rings. The molecular weight excluding hydrogens is 519 g/mol. The molecule has 0 aliphatic rings. The quantitative estimate of drug-likeness (QED) is 0.397. The number of nitrogens with zero attached hydrogens (tertiary/aromatic N) is 1. The highest BCUT2D eigenvalue weighted by molar-refractivity contribution is 6.07. The van der Waals surface area contributed by atoms with Crippen molar-refractivity contribution >= 4 is 17.5 Å². The molecule has 1 aromatic heterocycles. The number of carbonyl (C=O) groups is 2. The van der Waals surface area contributed by atoms with Gasteiger partial charge in [0.1, 0.15) is 22.8 Å². The molecule has 0 aliphatic carbocycles. The van der Waals surface area contributed by atoms with Crippen LogP contribution in [0.15, 0.2) is 48.7 Å². The smallest absolute Gasteiger partial charge is 0.493 e. The highest BCUT2D eigenvalue weighted by Gasteiger charge is 2.38. The topological polar surface area (TPSA) is 113 Å². The van der Waals surface area contributed by atoms with E-state index in [0.717, 1.165) is 18.3 Å². The minimum atomic E-state index is -5.28. The Labute approximate surface area is 207 Å². The van der Waals surface area contributed by atoms with E-state index in [1.807, 2.05) is 5.32 Å². The number of pyridine rings is 1. The summed E-state index contributed by atoms with van der Waals surface area (Å²) in [6.07, 6.45) is -9.46. The summed E-state index contributed by atoms with van der Waals surface area (Å²) in [7, 11) is -3.26. The van der Waals surface area contributed by atoms with Crippen LogP contribution in [0.5, 0.6) is 23.0 Å². The van der Waals surface area contributed by atoms with E-state index in [1.54, 1.807) is 0 Å². The van der Waals surface area contributed by atoms with Gasteiger partial charge in [-0.05, 0) is 36.4 Å². The Hall–Kier alpha value is -4.56. The van der Waals surface area contributed by atoms with Crippen LogP contribution in [-0.4, -0.2) is 30.2 Å². The number of carbonyl (C=O) groups excluding carboxylic acids is 2. The molecule has 0 bridgehead atoms. The van der Waals surface area contributed by atoms with E-state index >= 15 is 4.39 Å². The first-order chi connectivity index (χ1) is 18.3. The monoisotopic (exact) mass is 536 g/mol. The van der Waals surface area contributed by atoms with Crippen LogP contribution in [0.25, 0.3) is 0 Å². The van der Waals surface area contributed by atoms with Crippen LogP contribution in [0, 0.1) is 5.82 Å². The summed E-state index contributed by atoms with van der Waals surface area (Å²) in [5.41, 5.74) is 1.26. The average Bonchev–Trinajstić information content (AvgIpc) is 2.78. The molecule has 196 valence electrons. The molecule has 37 heavy (non-hydrogen) atoms. The first kappa shape index (κ1) is 22.9. The molecule has 0 atom stereocenters. The first-order valence-electron chi connectivity index (χ1n) is 11.1. The van der Waals surface area contributed by atoms with Gasteiger partial charge in [-0.25, -0.2) is 4.39 Å². The van der Waals surface area contributed by atoms with Crippen molar-refractivity contribution in [2.45, 2.75) is 12.5 Å². The third-order valence-corrected chi connectivity index (χ3v) is 4.39. The van der Waals surface area contributed by atoms with Crippen LogP contribution in [0.4, 0.5) is 36.4 Å². The maximum absolute atomic E-state index is 15.1. The van der Waals surface area contributed by atoms with Crippen molar-refractivity contribution in [3.05, 3.63) is 71.3 Å². The van der Waals surface area contributed by atoms with Gasteiger partial charge in [0.2, 0.25) is 0 Å².